The number of aliphatic hydroxyl groups is 1. The molecule has 2 N–H and O–H groups in total. The number of hydrogen-bond donors (Lipinski definition) is 2. The number of nitrogens with zero attached hydrogens (tertiary/aromatic N) is 2. The molecule has 0 saturated carbocycles. The maximum Gasteiger partial charge on any atom is 0.257 e. The largest absolute Gasteiger partial charge is 0.393 e. The van der Waals surface area contributed by atoms with Crippen molar-refractivity contribution in [2.75, 3.05) is 6.54 Å². The average Bonchev–Trinajstić information content (AvgIpc) is 3.16. The van der Waals surface area contributed by atoms with Crippen molar-refractivity contribution in [3.8, 4) is 11.3 Å². The smallest absolute Gasteiger partial charge is 0.257 e. The molecule has 0 radical (unpaired) electrons. The van der Waals surface area contributed by atoms with Gasteiger partial charge in [-0.15, -0.1) is 0 Å². The highest BCUT2D eigenvalue weighted by Gasteiger charge is 2.31. The summed E-state index contributed by atoms with van der Waals surface area (Å²) in [4.78, 5) is 14.7. The number of halogens is 1. The molecule has 1 aromatic carbocycles. The van der Waals surface area contributed by atoms with Crippen LogP contribution < -0.4 is 0 Å². The van der Waals surface area contributed by atoms with Gasteiger partial charge in [-0.05, 0) is 50.5 Å². The Morgan fingerprint density at radius 2 is 2.22 bits per heavy atom. The fourth-order valence-electron chi connectivity index (χ4n) is 3.18. The van der Waals surface area contributed by atoms with E-state index in [-0.39, 0.29) is 17.8 Å². The van der Waals surface area contributed by atoms with Crippen molar-refractivity contribution in [1.82, 2.24) is 15.1 Å². The van der Waals surface area contributed by atoms with Crippen molar-refractivity contribution in [3.63, 3.8) is 0 Å². The van der Waals surface area contributed by atoms with Crippen LogP contribution in [0.2, 0.25) is 0 Å². The number of benzene rings is 1. The third-order valence-electron chi connectivity index (χ3n) is 4.25. The summed E-state index contributed by atoms with van der Waals surface area (Å²) < 4.78 is 13.1. The Morgan fingerprint density at radius 3 is 2.91 bits per heavy atom. The van der Waals surface area contributed by atoms with Gasteiger partial charge in [-0.25, -0.2) is 4.39 Å². The average molecular weight is 317 g/mol. The van der Waals surface area contributed by atoms with Crippen molar-refractivity contribution < 1.29 is 14.3 Å². The lowest BCUT2D eigenvalue weighted by atomic mass is 10.1. The van der Waals surface area contributed by atoms with Crippen molar-refractivity contribution in [2.45, 2.75) is 38.3 Å². The highest BCUT2D eigenvalue weighted by Crippen LogP contribution is 2.27. The van der Waals surface area contributed by atoms with E-state index in [0.717, 1.165) is 18.4 Å². The summed E-state index contributed by atoms with van der Waals surface area (Å²) in [5.74, 6) is -0.418. The highest BCUT2D eigenvalue weighted by atomic mass is 19.1. The molecule has 0 spiro atoms. The van der Waals surface area contributed by atoms with Crippen LogP contribution in [0.25, 0.3) is 11.3 Å². The molecule has 5 nitrogen and oxygen atoms in total. The Labute approximate surface area is 134 Å². The van der Waals surface area contributed by atoms with E-state index in [0.29, 0.717) is 24.2 Å². The number of H-pyrrole nitrogens is 1. The monoisotopic (exact) mass is 317 g/mol. The number of nitrogens with one attached hydrogen (secondary N) is 1. The van der Waals surface area contributed by atoms with Gasteiger partial charge in [0, 0.05) is 18.2 Å². The normalized spacial score (nSPS) is 19.1. The number of aliphatic hydroxyl groups excluding tert-OH is 1. The molecular weight excluding hydrogens is 297 g/mol. The molecule has 1 aliphatic rings. The zero-order valence-electron chi connectivity index (χ0n) is 13.0. The molecular formula is C17H20FN3O2. The first-order valence-corrected chi connectivity index (χ1v) is 7.84. The zero-order valence-corrected chi connectivity index (χ0v) is 13.0. The molecule has 2 unspecified atom stereocenters. The van der Waals surface area contributed by atoms with Crippen LogP contribution in [0.3, 0.4) is 0 Å². The van der Waals surface area contributed by atoms with Gasteiger partial charge in [-0.1, -0.05) is 0 Å². The number of amides is 1. The summed E-state index contributed by atoms with van der Waals surface area (Å²) in [5, 5.41) is 16.4. The van der Waals surface area contributed by atoms with Gasteiger partial charge in [0.25, 0.3) is 5.91 Å². The first-order valence-electron chi connectivity index (χ1n) is 7.84. The lowest BCUT2D eigenvalue weighted by Gasteiger charge is -2.25. The van der Waals surface area contributed by atoms with Crippen LogP contribution in [-0.2, 0) is 0 Å². The number of aromatic nitrogens is 2. The lowest BCUT2D eigenvalue weighted by Crippen LogP contribution is -2.37. The molecule has 2 aromatic rings. The molecule has 0 bridgehead atoms. The maximum absolute atomic E-state index is 13.1. The molecule has 1 amide bonds. The number of hydrogen-bond acceptors (Lipinski definition) is 3. The Morgan fingerprint density at radius 1 is 1.48 bits per heavy atom. The lowest BCUT2D eigenvalue weighted by molar-refractivity contribution is 0.0683. The first-order chi connectivity index (χ1) is 11.1. The van der Waals surface area contributed by atoms with Gasteiger partial charge in [0.05, 0.1) is 23.6 Å². The van der Waals surface area contributed by atoms with Crippen molar-refractivity contribution in [1.29, 1.82) is 0 Å². The molecule has 23 heavy (non-hydrogen) atoms. The van der Waals surface area contributed by atoms with Crippen LogP contribution in [-0.4, -0.2) is 44.8 Å². The number of rotatable bonds is 4. The van der Waals surface area contributed by atoms with E-state index in [1.54, 1.807) is 19.1 Å². The van der Waals surface area contributed by atoms with E-state index in [1.807, 2.05) is 4.90 Å². The second-order valence-electron chi connectivity index (χ2n) is 6.04. The predicted octanol–water partition coefficient (Wildman–Crippen LogP) is 2.59. The van der Waals surface area contributed by atoms with Crippen molar-refractivity contribution in [3.05, 3.63) is 41.8 Å². The van der Waals surface area contributed by atoms with E-state index in [1.165, 1.54) is 18.3 Å². The number of aromatic amines is 1. The third kappa shape index (κ3) is 3.27. The molecule has 1 fully saturated rings. The van der Waals surface area contributed by atoms with Gasteiger partial charge in [0.15, 0.2) is 0 Å². The van der Waals surface area contributed by atoms with Gasteiger partial charge in [-0.2, -0.15) is 5.10 Å². The van der Waals surface area contributed by atoms with Gasteiger partial charge >= 0.3 is 0 Å². The van der Waals surface area contributed by atoms with Gasteiger partial charge in [0.2, 0.25) is 0 Å². The number of likely N-dealkylation sites (tertiary alicyclic amines) is 1. The summed E-state index contributed by atoms with van der Waals surface area (Å²) in [5.41, 5.74) is 1.80. The molecule has 0 aliphatic carbocycles. The standard InChI is InChI=1S/C17H20FN3O2/c1-11(22)9-14-3-2-8-21(14)17(23)15-10-19-20-16(15)12-4-6-13(18)7-5-12/h4-7,10-11,14,22H,2-3,8-9H2,1H3,(H,19,20). The van der Waals surface area contributed by atoms with Gasteiger partial charge in [0.1, 0.15) is 5.82 Å². The number of carbonyl (C=O) groups excluding carboxylic acids is 1. The maximum atomic E-state index is 13.1. The highest BCUT2D eigenvalue weighted by molar-refractivity contribution is 6.00. The topological polar surface area (TPSA) is 69.2 Å². The van der Waals surface area contributed by atoms with Crippen LogP contribution in [0.5, 0.6) is 0 Å². The predicted molar refractivity (Wildman–Crippen MR) is 84.3 cm³/mol. The molecule has 1 aliphatic heterocycles. The van der Waals surface area contributed by atoms with E-state index >= 15 is 0 Å². The molecule has 2 atom stereocenters. The third-order valence-corrected chi connectivity index (χ3v) is 4.25. The number of carbonyl (C=O) groups is 1. The second kappa shape index (κ2) is 6.50. The zero-order chi connectivity index (χ0) is 16.4. The Kier molecular flexibility index (Phi) is 4.43. The Bertz CT molecular complexity index is 681. The quantitative estimate of drug-likeness (QED) is 0.910. The van der Waals surface area contributed by atoms with E-state index < -0.39 is 6.10 Å². The SMILES string of the molecule is CC(O)CC1CCCN1C(=O)c1cn[nH]c1-c1ccc(F)cc1. The summed E-state index contributed by atoms with van der Waals surface area (Å²) in [6.07, 6.45) is 3.50. The van der Waals surface area contributed by atoms with Crippen LogP contribution in [0.1, 0.15) is 36.5 Å². The minimum atomic E-state index is -0.436. The van der Waals surface area contributed by atoms with Crippen LogP contribution in [0.4, 0.5) is 4.39 Å². The minimum Gasteiger partial charge on any atom is -0.393 e. The van der Waals surface area contributed by atoms with Gasteiger partial charge in [-0.3, -0.25) is 9.89 Å². The van der Waals surface area contributed by atoms with Crippen LogP contribution in [0.15, 0.2) is 30.5 Å². The summed E-state index contributed by atoms with van der Waals surface area (Å²) in [7, 11) is 0. The Balaban J connectivity index is 1.86. The molecule has 1 saturated heterocycles. The van der Waals surface area contributed by atoms with Crippen molar-refractivity contribution >= 4 is 5.91 Å². The second-order valence-corrected chi connectivity index (χ2v) is 6.04. The molecule has 1 aromatic heterocycles. The Hall–Kier alpha value is -2.21. The van der Waals surface area contributed by atoms with Crippen molar-refractivity contribution in [2.24, 2.45) is 0 Å². The molecule has 6 heteroatoms. The van der Waals surface area contributed by atoms with Crippen LogP contribution >= 0.6 is 0 Å². The summed E-state index contributed by atoms with van der Waals surface area (Å²) >= 11 is 0. The van der Waals surface area contributed by atoms with E-state index in [4.69, 9.17) is 0 Å². The fraction of sp³-hybridized carbons (Fsp3) is 0.412. The first kappa shape index (κ1) is 15.7. The van der Waals surface area contributed by atoms with E-state index in [9.17, 15) is 14.3 Å². The fourth-order valence-corrected chi connectivity index (χ4v) is 3.18. The van der Waals surface area contributed by atoms with Crippen LogP contribution in [0, 0.1) is 5.82 Å². The van der Waals surface area contributed by atoms with Gasteiger partial charge < -0.3 is 10.0 Å². The summed E-state index contributed by atoms with van der Waals surface area (Å²) in [6, 6.07) is 6.01. The van der Waals surface area contributed by atoms with E-state index in [2.05, 4.69) is 10.2 Å². The molecule has 3 rings (SSSR count). The summed E-state index contributed by atoms with van der Waals surface area (Å²) in [6.45, 7) is 2.42. The minimum absolute atomic E-state index is 0.0541. The molecule has 122 valence electrons. The molecule has 2 heterocycles.